The molecule has 0 saturated carbocycles. The lowest BCUT2D eigenvalue weighted by Crippen LogP contribution is -2.45. The molecule has 1 N–H and O–H groups in total. The van der Waals surface area contributed by atoms with Gasteiger partial charge in [-0.05, 0) is 13.0 Å². The normalized spacial score (nSPS) is 27.6. The highest BCUT2D eigenvalue weighted by Gasteiger charge is 2.31. The quantitative estimate of drug-likeness (QED) is 0.769. The van der Waals surface area contributed by atoms with Crippen molar-refractivity contribution in [1.29, 1.82) is 0 Å². The predicted octanol–water partition coefficient (Wildman–Crippen LogP) is 2.17. The van der Waals surface area contributed by atoms with Crippen LogP contribution in [0.15, 0.2) is 24.3 Å². The second-order valence-electron chi connectivity index (χ2n) is 3.74. The largest absolute Gasteiger partial charge is 0.368 e. The molecule has 1 aliphatic heterocycles. The van der Waals surface area contributed by atoms with E-state index in [0.717, 1.165) is 30.3 Å². The van der Waals surface area contributed by atoms with Crippen LogP contribution >= 0.6 is 11.6 Å². The molecule has 14 heavy (non-hydrogen) atoms. The molecule has 2 nitrogen and oxygen atoms in total. The standard InChI is InChI=1S/C11H14ClNO/c1-11(8-13-6-7-14-11)9-4-2-3-5-10(9)12/h2-5,13H,6-8H2,1H3. The summed E-state index contributed by atoms with van der Waals surface area (Å²) < 4.78 is 5.79. The lowest BCUT2D eigenvalue weighted by molar-refractivity contribution is -0.0571. The lowest BCUT2D eigenvalue weighted by Gasteiger charge is -2.35. The van der Waals surface area contributed by atoms with Crippen LogP contribution in [0, 0.1) is 0 Å². The number of nitrogens with one attached hydrogen (secondary N) is 1. The Morgan fingerprint density at radius 2 is 2.21 bits per heavy atom. The molecule has 1 aromatic rings. The minimum absolute atomic E-state index is 0.281. The average molecular weight is 212 g/mol. The van der Waals surface area contributed by atoms with Crippen molar-refractivity contribution >= 4 is 11.6 Å². The third-order valence-corrected chi connectivity index (χ3v) is 2.93. The number of hydrogen-bond donors (Lipinski definition) is 1. The first-order chi connectivity index (χ1) is 6.72. The fraction of sp³-hybridized carbons (Fsp3) is 0.455. The first-order valence-corrected chi connectivity index (χ1v) is 5.20. The first kappa shape index (κ1) is 9.97. The predicted molar refractivity (Wildman–Crippen MR) is 57.6 cm³/mol. The van der Waals surface area contributed by atoms with Crippen molar-refractivity contribution in [2.75, 3.05) is 19.7 Å². The van der Waals surface area contributed by atoms with Crippen LogP contribution in [0.25, 0.3) is 0 Å². The molecule has 0 amide bonds. The molecule has 1 unspecified atom stereocenters. The fourth-order valence-electron chi connectivity index (χ4n) is 1.79. The van der Waals surface area contributed by atoms with E-state index in [2.05, 4.69) is 12.2 Å². The maximum absolute atomic E-state index is 6.14. The van der Waals surface area contributed by atoms with Gasteiger partial charge in [0.2, 0.25) is 0 Å². The zero-order chi connectivity index (χ0) is 10.0. The van der Waals surface area contributed by atoms with E-state index in [0.29, 0.717) is 0 Å². The molecule has 2 rings (SSSR count). The number of morpholine rings is 1. The molecule has 1 aliphatic rings. The van der Waals surface area contributed by atoms with Gasteiger partial charge < -0.3 is 10.1 Å². The zero-order valence-corrected chi connectivity index (χ0v) is 8.97. The Balaban J connectivity index is 2.32. The topological polar surface area (TPSA) is 21.3 Å². The van der Waals surface area contributed by atoms with Gasteiger partial charge in [0, 0.05) is 23.7 Å². The van der Waals surface area contributed by atoms with Crippen LogP contribution in [0.2, 0.25) is 5.02 Å². The number of rotatable bonds is 1. The molecular weight excluding hydrogens is 198 g/mol. The average Bonchev–Trinajstić information content (AvgIpc) is 2.19. The summed E-state index contributed by atoms with van der Waals surface area (Å²) in [6.45, 7) is 4.54. The summed E-state index contributed by atoms with van der Waals surface area (Å²) in [6.07, 6.45) is 0. The Bertz CT molecular complexity index is 321. The van der Waals surface area contributed by atoms with Crippen molar-refractivity contribution in [1.82, 2.24) is 5.32 Å². The summed E-state index contributed by atoms with van der Waals surface area (Å²) in [5.74, 6) is 0. The highest BCUT2D eigenvalue weighted by molar-refractivity contribution is 6.31. The van der Waals surface area contributed by atoms with Crippen molar-refractivity contribution in [3.8, 4) is 0 Å². The van der Waals surface area contributed by atoms with Gasteiger partial charge in [0.1, 0.15) is 5.60 Å². The van der Waals surface area contributed by atoms with Crippen molar-refractivity contribution in [2.24, 2.45) is 0 Å². The highest BCUT2D eigenvalue weighted by atomic mass is 35.5. The molecule has 1 saturated heterocycles. The Morgan fingerprint density at radius 3 is 2.86 bits per heavy atom. The molecule has 0 aliphatic carbocycles. The van der Waals surface area contributed by atoms with E-state index in [1.54, 1.807) is 0 Å². The van der Waals surface area contributed by atoms with Crippen LogP contribution in [0.1, 0.15) is 12.5 Å². The Morgan fingerprint density at radius 1 is 1.43 bits per heavy atom. The Hall–Kier alpha value is -0.570. The molecule has 0 radical (unpaired) electrons. The van der Waals surface area contributed by atoms with Gasteiger partial charge in [-0.3, -0.25) is 0 Å². The third-order valence-electron chi connectivity index (χ3n) is 2.61. The van der Waals surface area contributed by atoms with Gasteiger partial charge in [0.15, 0.2) is 0 Å². The second kappa shape index (κ2) is 3.89. The van der Waals surface area contributed by atoms with Gasteiger partial charge in [-0.1, -0.05) is 29.8 Å². The molecule has 76 valence electrons. The van der Waals surface area contributed by atoms with Crippen molar-refractivity contribution < 1.29 is 4.74 Å². The third kappa shape index (κ3) is 1.78. The summed E-state index contributed by atoms with van der Waals surface area (Å²) in [6, 6.07) is 7.85. The van der Waals surface area contributed by atoms with E-state index in [9.17, 15) is 0 Å². The maximum Gasteiger partial charge on any atom is 0.104 e. The van der Waals surface area contributed by atoms with Gasteiger partial charge >= 0.3 is 0 Å². The van der Waals surface area contributed by atoms with Crippen LogP contribution < -0.4 is 5.32 Å². The van der Waals surface area contributed by atoms with Crippen molar-refractivity contribution in [3.05, 3.63) is 34.9 Å². The van der Waals surface area contributed by atoms with E-state index in [-0.39, 0.29) is 5.60 Å². The van der Waals surface area contributed by atoms with Crippen LogP contribution in [0.4, 0.5) is 0 Å². The molecule has 1 fully saturated rings. The summed E-state index contributed by atoms with van der Waals surface area (Å²) in [5, 5.41) is 4.09. The molecule has 1 atom stereocenters. The van der Waals surface area contributed by atoms with Gasteiger partial charge in [-0.25, -0.2) is 0 Å². The van der Waals surface area contributed by atoms with Crippen LogP contribution in [-0.4, -0.2) is 19.7 Å². The summed E-state index contributed by atoms with van der Waals surface area (Å²) >= 11 is 6.14. The molecule has 1 heterocycles. The molecule has 3 heteroatoms. The molecule has 1 aromatic carbocycles. The van der Waals surface area contributed by atoms with Crippen molar-refractivity contribution in [3.63, 3.8) is 0 Å². The number of benzene rings is 1. The smallest absolute Gasteiger partial charge is 0.104 e. The molecular formula is C11H14ClNO. The Kier molecular flexibility index (Phi) is 2.77. The minimum atomic E-state index is -0.281. The van der Waals surface area contributed by atoms with Crippen molar-refractivity contribution in [2.45, 2.75) is 12.5 Å². The summed E-state index contributed by atoms with van der Waals surface area (Å²) in [5.41, 5.74) is 0.783. The molecule has 0 bridgehead atoms. The number of halogens is 1. The number of hydrogen-bond acceptors (Lipinski definition) is 2. The molecule has 0 spiro atoms. The van der Waals surface area contributed by atoms with Gasteiger partial charge in [-0.2, -0.15) is 0 Å². The fourth-order valence-corrected chi connectivity index (χ4v) is 2.13. The van der Waals surface area contributed by atoms with E-state index in [1.807, 2.05) is 24.3 Å². The SMILES string of the molecule is CC1(c2ccccc2Cl)CNCCO1. The monoisotopic (exact) mass is 211 g/mol. The second-order valence-corrected chi connectivity index (χ2v) is 4.14. The van der Waals surface area contributed by atoms with Gasteiger partial charge in [-0.15, -0.1) is 0 Å². The number of ether oxygens (including phenoxy) is 1. The minimum Gasteiger partial charge on any atom is -0.368 e. The van der Waals surface area contributed by atoms with E-state index in [4.69, 9.17) is 16.3 Å². The summed E-state index contributed by atoms with van der Waals surface area (Å²) in [7, 11) is 0. The molecule has 0 aromatic heterocycles. The van der Waals surface area contributed by atoms with E-state index >= 15 is 0 Å². The lowest BCUT2D eigenvalue weighted by atomic mass is 9.94. The van der Waals surface area contributed by atoms with Crippen LogP contribution in [-0.2, 0) is 10.3 Å². The van der Waals surface area contributed by atoms with E-state index < -0.39 is 0 Å². The van der Waals surface area contributed by atoms with E-state index in [1.165, 1.54) is 0 Å². The van der Waals surface area contributed by atoms with Crippen LogP contribution in [0.3, 0.4) is 0 Å². The van der Waals surface area contributed by atoms with Crippen LogP contribution in [0.5, 0.6) is 0 Å². The maximum atomic E-state index is 6.14. The van der Waals surface area contributed by atoms with Gasteiger partial charge in [0.25, 0.3) is 0 Å². The Labute approximate surface area is 89.2 Å². The first-order valence-electron chi connectivity index (χ1n) is 4.82. The zero-order valence-electron chi connectivity index (χ0n) is 8.22. The summed E-state index contributed by atoms with van der Waals surface area (Å²) in [4.78, 5) is 0. The van der Waals surface area contributed by atoms with Gasteiger partial charge in [0.05, 0.1) is 6.61 Å². The highest BCUT2D eigenvalue weighted by Crippen LogP contribution is 2.31.